The molecule has 86 valence electrons. The van der Waals surface area contributed by atoms with Crippen LogP contribution in [0.1, 0.15) is 19.4 Å². The molecule has 1 aliphatic rings. The first-order chi connectivity index (χ1) is 7.54. The number of amides is 1. The van der Waals surface area contributed by atoms with Gasteiger partial charge in [0.2, 0.25) is 0 Å². The van der Waals surface area contributed by atoms with Crippen molar-refractivity contribution in [3.05, 3.63) is 23.8 Å². The molecule has 1 heterocycles. The number of hydrogen-bond donors (Lipinski definition) is 2. The number of benzene rings is 1. The number of fused-ring (bicyclic) bond motifs is 1. The Bertz CT molecular complexity index is 426. The van der Waals surface area contributed by atoms with E-state index < -0.39 is 0 Å². The monoisotopic (exact) mass is 221 g/mol. The minimum Gasteiger partial charge on any atom is -0.481 e. The van der Waals surface area contributed by atoms with Crippen LogP contribution in [0.15, 0.2) is 18.2 Å². The van der Waals surface area contributed by atoms with Gasteiger partial charge in [0.15, 0.2) is 6.61 Å². The van der Waals surface area contributed by atoms with Gasteiger partial charge in [0, 0.05) is 11.0 Å². The van der Waals surface area contributed by atoms with E-state index in [1.807, 2.05) is 26.0 Å². The number of nitrogens with one attached hydrogen (secondary N) is 1. The third-order valence-corrected chi connectivity index (χ3v) is 2.76. The summed E-state index contributed by atoms with van der Waals surface area (Å²) in [5.74, 6) is 0.521. The van der Waals surface area contributed by atoms with E-state index >= 15 is 0 Å². The quantitative estimate of drug-likeness (QED) is 0.791. The van der Waals surface area contributed by atoms with Crippen LogP contribution >= 0.6 is 0 Å². The SMILES string of the molecule is CC(C)(CO)c1cccc2c1OCC(=O)N2. The van der Waals surface area contributed by atoms with Crippen molar-refractivity contribution < 1.29 is 14.6 Å². The fourth-order valence-electron chi connectivity index (χ4n) is 1.73. The molecule has 1 aromatic rings. The Labute approximate surface area is 94.2 Å². The lowest BCUT2D eigenvalue weighted by molar-refractivity contribution is -0.118. The summed E-state index contributed by atoms with van der Waals surface area (Å²) in [6, 6.07) is 5.55. The summed E-state index contributed by atoms with van der Waals surface area (Å²) in [5.41, 5.74) is 1.20. The molecule has 2 rings (SSSR count). The third kappa shape index (κ3) is 1.76. The van der Waals surface area contributed by atoms with Crippen molar-refractivity contribution in [2.45, 2.75) is 19.3 Å². The minimum absolute atomic E-state index is 0.0285. The van der Waals surface area contributed by atoms with Gasteiger partial charge in [-0.1, -0.05) is 26.0 Å². The lowest BCUT2D eigenvalue weighted by Gasteiger charge is -2.28. The first-order valence-electron chi connectivity index (χ1n) is 5.21. The molecule has 0 fully saturated rings. The number of para-hydroxylation sites is 1. The van der Waals surface area contributed by atoms with E-state index in [9.17, 15) is 9.90 Å². The molecule has 0 bridgehead atoms. The van der Waals surface area contributed by atoms with E-state index in [-0.39, 0.29) is 24.5 Å². The highest BCUT2D eigenvalue weighted by atomic mass is 16.5. The molecule has 1 amide bonds. The van der Waals surface area contributed by atoms with E-state index in [1.54, 1.807) is 6.07 Å². The number of anilines is 1. The van der Waals surface area contributed by atoms with Crippen molar-refractivity contribution in [3.63, 3.8) is 0 Å². The number of hydrogen-bond acceptors (Lipinski definition) is 3. The van der Waals surface area contributed by atoms with Crippen LogP contribution in [0.5, 0.6) is 5.75 Å². The maximum atomic E-state index is 11.2. The molecule has 4 nitrogen and oxygen atoms in total. The summed E-state index contributed by atoms with van der Waals surface area (Å²) >= 11 is 0. The van der Waals surface area contributed by atoms with Crippen molar-refractivity contribution >= 4 is 11.6 Å². The second kappa shape index (κ2) is 3.79. The highest BCUT2D eigenvalue weighted by molar-refractivity contribution is 5.95. The second-order valence-electron chi connectivity index (χ2n) is 4.56. The van der Waals surface area contributed by atoms with E-state index in [1.165, 1.54) is 0 Å². The summed E-state index contributed by atoms with van der Waals surface area (Å²) in [4.78, 5) is 11.2. The van der Waals surface area contributed by atoms with Gasteiger partial charge >= 0.3 is 0 Å². The predicted octanol–water partition coefficient (Wildman–Crippen LogP) is 1.29. The Morgan fingerprint density at radius 3 is 2.94 bits per heavy atom. The second-order valence-corrected chi connectivity index (χ2v) is 4.56. The Morgan fingerprint density at radius 1 is 1.50 bits per heavy atom. The summed E-state index contributed by atoms with van der Waals surface area (Å²) < 4.78 is 5.43. The van der Waals surface area contributed by atoms with Crippen LogP contribution in [0.3, 0.4) is 0 Å². The number of rotatable bonds is 2. The predicted molar refractivity (Wildman–Crippen MR) is 60.7 cm³/mol. The van der Waals surface area contributed by atoms with Gasteiger partial charge in [0.1, 0.15) is 5.75 Å². The van der Waals surface area contributed by atoms with Crippen LogP contribution in [-0.2, 0) is 10.2 Å². The Morgan fingerprint density at radius 2 is 2.25 bits per heavy atom. The molecule has 0 radical (unpaired) electrons. The fraction of sp³-hybridized carbons (Fsp3) is 0.417. The van der Waals surface area contributed by atoms with Gasteiger partial charge in [0.05, 0.1) is 12.3 Å². The zero-order chi connectivity index (χ0) is 11.8. The van der Waals surface area contributed by atoms with Gasteiger partial charge in [-0.25, -0.2) is 0 Å². The minimum atomic E-state index is -0.382. The zero-order valence-electron chi connectivity index (χ0n) is 9.41. The van der Waals surface area contributed by atoms with E-state index in [2.05, 4.69) is 5.32 Å². The number of aliphatic hydroxyl groups excluding tert-OH is 1. The molecule has 2 N–H and O–H groups in total. The number of ether oxygens (including phenoxy) is 1. The third-order valence-electron chi connectivity index (χ3n) is 2.76. The van der Waals surface area contributed by atoms with Crippen molar-refractivity contribution in [2.24, 2.45) is 0 Å². The van der Waals surface area contributed by atoms with Crippen molar-refractivity contribution in [2.75, 3.05) is 18.5 Å². The number of aliphatic hydroxyl groups is 1. The maximum absolute atomic E-state index is 11.2. The highest BCUT2D eigenvalue weighted by Crippen LogP contribution is 2.38. The smallest absolute Gasteiger partial charge is 0.262 e. The molecule has 0 aliphatic carbocycles. The molecule has 0 atom stereocenters. The molecule has 0 aromatic heterocycles. The lowest BCUT2D eigenvalue weighted by atomic mass is 9.84. The van der Waals surface area contributed by atoms with Crippen LogP contribution < -0.4 is 10.1 Å². The molecule has 16 heavy (non-hydrogen) atoms. The Hall–Kier alpha value is -1.55. The van der Waals surface area contributed by atoms with Crippen LogP contribution in [0.2, 0.25) is 0 Å². The summed E-state index contributed by atoms with van der Waals surface area (Å²) in [6.45, 7) is 3.93. The van der Waals surface area contributed by atoms with Crippen molar-refractivity contribution in [3.8, 4) is 5.75 Å². The normalized spacial score (nSPS) is 15.1. The fourth-order valence-corrected chi connectivity index (χ4v) is 1.73. The first-order valence-corrected chi connectivity index (χ1v) is 5.21. The van der Waals surface area contributed by atoms with Gasteiger partial charge in [0.25, 0.3) is 5.91 Å². The number of carbonyl (C=O) groups is 1. The van der Waals surface area contributed by atoms with Gasteiger partial charge in [-0.3, -0.25) is 4.79 Å². The van der Waals surface area contributed by atoms with Crippen LogP contribution in [0.4, 0.5) is 5.69 Å². The summed E-state index contributed by atoms with van der Waals surface area (Å²) in [7, 11) is 0. The van der Waals surface area contributed by atoms with E-state index in [0.29, 0.717) is 11.4 Å². The van der Waals surface area contributed by atoms with E-state index in [0.717, 1.165) is 5.56 Å². The Balaban J connectivity index is 2.49. The van der Waals surface area contributed by atoms with Crippen LogP contribution in [0, 0.1) is 0 Å². The molecular formula is C12H15NO3. The first kappa shape index (κ1) is 11.0. The van der Waals surface area contributed by atoms with Gasteiger partial charge < -0.3 is 15.2 Å². The molecule has 0 spiro atoms. The van der Waals surface area contributed by atoms with Gasteiger partial charge in [-0.05, 0) is 6.07 Å². The van der Waals surface area contributed by atoms with Crippen molar-refractivity contribution in [1.29, 1.82) is 0 Å². The average Bonchev–Trinajstić information content (AvgIpc) is 2.27. The molecule has 0 unspecified atom stereocenters. The topological polar surface area (TPSA) is 58.6 Å². The standard InChI is InChI=1S/C12H15NO3/c1-12(2,7-14)8-4-3-5-9-11(8)16-6-10(15)13-9/h3-5,14H,6-7H2,1-2H3,(H,13,15). The largest absolute Gasteiger partial charge is 0.481 e. The maximum Gasteiger partial charge on any atom is 0.262 e. The summed E-state index contributed by atoms with van der Waals surface area (Å²) in [6.07, 6.45) is 0. The molecule has 0 saturated carbocycles. The molecule has 1 aliphatic heterocycles. The average molecular weight is 221 g/mol. The molecule has 4 heteroatoms. The molecule has 1 aromatic carbocycles. The lowest BCUT2D eigenvalue weighted by Crippen LogP contribution is -2.29. The van der Waals surface area contributed by atoms with Gasteiger partial charge in [-0.2, -0.15) is 0 Å². The van der Waals surface area contributed by atoms with Crippen molar-refractivity contribution in [1.82, 2.24) is 0 Å². The highest BCUT2D eigenvalue weighted by Gasteiger charge is 2.28. The van der Waals surface area contributed by atoms with Crippen LogP contribution in [0.25, 0.3) is 0 Å². The van der Waals surface area contributed by atoms with E-state index in [4.69, 9.17) is 4.74 Å². The van der Waals surface area contributed by atoms with Crippen LogP contribution in [-0.4, -0.2) is 24.2 Å². The molecular weight excluding hydrogens is 206 g/mol. The van der Waals surface area contributed by atoms with Gasteiger partial charge in [-0.15, -0.1) is 0 Å². The molecule has 0 saturated heterocycles. The Kier molecular flexibility index (Phi) is 2.59. The summed E-state index contributed by atoms with van der Waals surface area (Å²) in [5, 5.41) is 12.1. The number of carbonyl (C=O) groups excluding carboxylic acids is 1. The zero-order valence-corrected chi connectivity index (χ0v) is 9.41.